The average molecular weight is 572 g/mol. The van der Waals surface area contributed by atoms with Crippen LogP contribution < -0.4 is 16.6 Å². The van der Waals surface area contributed by atoms with Crippen LogP contribution in [0.25, 0.3) is 16.6 Å². The number of anilines is 1. The van der Waals surface area contributed by atoms with Crippen LogP contribution in [0.1, 0.15) is 73.4 Å². The van der Waals surface area contributed by atoms with E-state index in [1.54, 1.807) is 28.8 Å². The maximum atomic E-state index is 12.4. The number of hydrogen-bond acceptors (Lipinski definition) is 10. The molecule has 0 unspecified atom stereocenters. The summed E-state index contributed by atoms with van der Waals surface area (Å²) in [5.74, 6) is 1.31. The fraction of sp³-hybridized carbons (Fsp3) is 0.345. The Bertz CT molecular complexity index is 1840. The van der Waals surface area contributed by atoms with E-state index in [4.69, 9.17) is 16.3 Å². The molecule has 2 N–H and O–H groups in total. The van der Waals surface area contributed by atoms with Gasteiger partial charge in [-0.2, -0.15) is 25.1 Å². The minimum Gasteiger partial charge on any atom is -0.383 e. The highest BCUT2D eigenvalue weighted by Crippen LogP contribution is 2.21. The number of fused-ring (bicyclic) bond motifs is 2. The lowest BCUT2D eigenvalue weighted by molar-refractivity contribution is 0.605. The molecule has 11 heteroatoms. The third-order valence-electron chi connectivity index (χ3n) is 6.62. The van der Waals surface area contributed by atoms with E-state index in [1.807, 2.05) is 12.1 Å². The summed E-state index contributed by atoms with van der Waals surface area (Å²) in [6, 6.07) is 10.4. The zero-order valence-electron chi connectivity index (χ0n) is 22.4. The summed E-state index contributed by atoms with van der Waals surface area (Å²) in [7, 11) is 0. The molecule has 0 atom stereocenters. The smallest absolute Gasteiger partial charge is 0.254 e. The predicted octanol–water partition coefficient (Wildman–Crippen LogP) is 5.32. The highest BCUT2D eigenvalue weighted by atomic mass is 32.1. The van der Waals surface area contributed by atoms with Gasteiger partial charge in [0.25, 0.3) is 5.78 Å². The van der Waals surface area contributed by atoms with E-state index >= 15 is 0 Å². The van der Waals surface area contributed by atoms with Crippen LogP contribution in [0.4, 0.5) is 5.82 Å². The number of nitrogen functional groups attached to an aromatic ring is 1. The summed E-state index contributed by atoms with van der Waals surface area (Å²) in [5.41, 5.74) is 7.91. The van der Waals surface area contributed by atoms with Gasteiger partial charge in [-0.1, -0.05) is 70.2 Å². The second-order valence-corrected chi connectivity index (χ2v) is 11.3. The van der Waals surface area contributed by atoms with Gasteiger partial charge in [0, 0.05) is 16.3 Å². The minimum absolute atomic E-state index is 0.164. The lowest BCUT2D eigenvalue weighted by Gasteiger charge is -2.11. The number of aromatic nitrogens is 4. The van der Waals surface area contributed by atoms with Crippen molar-refractivity contribution in [3.63, 3.8) is 0 Å². The first-order valence-corrected chi connectivity index (χ1v) is 14.9. The minimum atomic E-state index is -0.266. The monoisotopic (exact) mass is 571 g/mol. The number of nitriles is 2. The van der Waals surface area contributed by atoms with Crippen molar-refractivity contribution in [3.8, 4) is 12.1 Å². The Morgan fingerprint density at radius 1 is 0.900 bits per heavy atom. The maximum Gasteiger partial charge on any atom is 0.254 e. The molecule has 0 radical (unpaired) electrons. The molecule has 9 nitrogen and oxygen atoms in total. The van der Waals surface area contributed by atoms with Gasteiger partial charge in [0.15, 0.2) is 0 Å². The number of unbranched alkanes of at least 4 members (excludes halogenated alkanes) is 5. The van der Waals surface area contributed by atoms with Gasteiger partial charge in [0.1, 0.15) is 34.0 Å². The standard InChI is InChI=1S/C15H25N5.C14H4N2O2S2/c1-3-5-6-7-8-9-10-12-13(4-2)19-15-17-11-18-20(15)14(12)16;15-5-9-10(6-16)20-14-12(18)8-4-2-1-3-7(8)11(17)13(14)19-9/h11H,3-10,16H2,1-2H3;1-4H. The van der Waals surface area contributed by atoms with Crippen LogP contribution in [0.3, 0.4) is 0 Å². The summed E-state index contributed by atoms with van der Waals surface area (Å²) < 4.78 is 2.13. The molecule has 1 aromatic carbocycles. The number of rotatable bonds is 8. The van der Waals surface area contributed by atoms with E-state index in [-0.39, 0.29) is 29.7 Å². The second-order valence-electron chi connectivity index (χ2n) is 9.21. The van der Waals surface area contributed by atoms with Gasteiger partial charge in [-0.25, -0.2) is 4.98 Å². The third kappa shape index (κ3) is 5.86. The van der Waals surface area contributed by atoms with E-state index < -0.39 is 0 Å². The van der Waals surface area contributed by atoms with Crippen molar-refractivity contribution < 1.29 is 0 Å². The Morgan fingerprint density at radius 3 is 2.02 bits per heavy atom. The molecule has 1 aliphatic carbocycles. The predicted molar refractivity (Wildman–Crippen MR) is 159 cm³/mol. The normalized spacial score (nSPS) is 10.8. The Labute approximate surface area is 238 Å². The molecular formula is C29H29N7O2S2. The van der Waals surface area contributed by atoms with Crippen LogP contribution in [0.2, 0.25) is 0 Å². The molecule has 0 saturated carbocycles. The van der Waals surface area contributed by atoms with Gasteiger partial charge >= 0.3 is 0 Å². The molecule has 3 heterocycles. The van der Waals surface area contributed by atoms with Crippen molar-refractivity contribution in [2.75, 3.05) is 5.73 Å². The quantitative estimate of drug-likeness (QED) is 0.246. The molecule has 0 fully saturated rings. The summed E-state index contributed by atoms with van der Waals surface area (Å²) >= 11 is 1.82. The second kappa shape index (κ2) is 13.2. The molecule has 0 spiro atoms. The van der Waals surface area contributed by atoms with Crippen LogP contribution in [0.5, 0.6) is 0 Å². The lowest BCUT2D eigenvalue weighted by Crippen LogP contribution is -2.13. The lowest BCUT2D eigenvalue weighted by atomic mass is 10.0. The zero-order chi connectivity index (χ0) is 28.6. The topological polar surface area (TPSA) is 151 Å². The summed E-state index contributed by atoms with van der Waals surface area (Å²) in [6.45, 7) is 4.35. The largest absolute Gasteiger partial charge is 0.383 e. The van der Waals surface area contributed by atoms with Gasteiger partial charge in [-0.05, 0) is 19.3 Å². The molecule has 204 valence electrons. The molecule has 5 rings (SSSR count). The van der Waals surface area contributed by atoms with Crippen molar-refractivity contribution in [1.82, 2.24) is 19.6 Å². The third-order valence-corrected chi connectivity index (χ3v) is 9.06. The van der Waals surface area contributed by atoms with Gasteiger partial charge in [-0.15, -0.1) is 22.7 Å². The van der Waals surface area contributed by atoms with Crippen molar-refractivity contribution in [3.05, 3.63) is 81.1 Å². The first-order valence-electron chi connectivity index (χ1n) is 13.2. The molecule has 40 heavy (non-hydrogen) atoms. The van der Waals surface area contributed by atoms with E-state index in [0.29, 0.717) is 22.4 Å². The van der Waals surface area contributed by atoms with Gasteiger partial charge in [-0.3, -0.25) is 9.59 Å². The van der Waals surface area contributed by atoms with Crippen molar-refractivity contribution in [2.45, 2.75) is 65.2 Å². The van der Waals surface area contributed by atoms with Crippen LogP contribution in [0.15, 0.2) is 40.2 Å². The molecule has 0 bridgehead atoms. The van der Waals surface area contributed by atoms with E-state index in [2.05, 4.69) is 28.9 Å². The first-order chi connectivity index (χ1) is 19.4. The number of aryl methyl sites for hydroxylation is 1. The summed E-state index contributed by atoms with van der Waals surface area (Å²) in [6.07, 6.45) is 11.1. The van der Waals surface area contributed by atoms with Crippen LogP contribution in [-0.4, -0.2) is 19.6 Å². The van der Waals surface area contributed by atoms with Gasteiger partial charge in [0.05, 0.1) is 14.8 Å². The number of nitrogens with zero attached hydrogens (tertiary/aromatic N) is 6. The molecular weight excluding hydrogens is 543 g/mol. The fourth-order valence-corrected chi connectivity index (χ4v) is 6.60. The number of hydrogen-bond donors (Lipinski definition) is 1. The van der Waals surface area contributed by atoms with Crippen LogP contribution in [0, 0.1) is 31.7 Å². The number of benzene rings is 1. The molecule has 2 aromatic heterocycles. The first kappa shape index (κ1) is 28.8. The van der Waals surface area contributed by atoms with E-state index in [9.17, 15) is 9.59 Å². The molecule has 0 amide bonds. The maximum absolute atomic E-state index is 12.4. The van der Waals surface area contributed by atoms with Crippen molar-refractivity contribution in [2.24, 2.45) is 0 Å². The van der Waals surface area contributed by atoms with E-state index in [1.165, 1.54) is 44.9 Å². The zero-order valence-corrected chi connectivity index (χ0v) is 24.1. The van der Waals surface area contributed by atoms with Gasteiger partial charge < -0.3 is 5.73 Å². The fourth-order valence-electron chi connectivity index (χ4n) is 4.55. The molecule has 1 aliphatic heterocycles. The summed E-state index contributed by atoms with van der Waals surface area (Å²) in [5, 5.41) is 22.9. The van der Waals surface area contributed by atoms with Gasteiger partial charge in [0.2, 0.25) is 10.9 Å². The highest BCUT2D eigenvalue weighted by Gasteiger charge is 2.14. The SMILES string of the molecule is CCCCCCCCc1c(CC)nc2ncnn2c1N.N#Cc1sc2c(=O)c3ccccc3c(=O)c=2sc1C#N. The molecule has 3 aromatic rings. The molecule has 2 aliphatic rings. The Kier molecular flexibility index (Phi) is 9.54. The number of nitrogens with two attached hydrogens (primary N) is 1. The highest BCUT2D eigenvalue weighted by molar-refractivity contribution is 7.18. The van der Waals surface area contributed by atoms with Crippen LogP contribution >= 0.6 is 22.7 Å². The average Bonchev–Trinajstić information content (AvgIpc) is 3.47. The molecule has 0 saturated heterocycles. The van der Waals surface area contributed by atoms with Crippen LogP contribution in [-0.2, 0) is 12.8 Å². The van der Waals surface area contributed by atoms with Crippen molar-refractivity contribution >= 4 is 45.0 Å². The Hall–Kier alpha value is -4.19. The van der Waals surface area contributed by atoms with Crippen molar-refractivity contribution in [1.29, 1.82) is 10.5 Å². The Morgan fingerprint density at radius 2 is 1.48 bits per heavy atom. The van der Waals surface area contributed by atoms with E-state index in [0.717, 1.165) is 46.8 Å². The summed E-state index contributed by atoms with van der Waals surface area (Å²) in [4.78, 5) is 33.8. The Balaban J connectivity index is 0.000000185.